The molecule has 0 saturated heterocycles. The molecular formula is C28H27N5O3S. The molecule has 5 rings (SSSR count). The van der Waals surface area contributed by atoms with Gasteiger partial charge < -0.3 is 9.57 Å². The van der Waals surface area contributed by atoms with Crippen LogP contribution < -0.4 is 9.57 Å². The summed E-state index contributed by atoms with van der Waals surface area (Å²) in [6.07, 6.45) is 6.09. The van der Waals surface area contributed by atoms with Gasteiger partial charge in [0.25, 0.3) is 0 Å². The van der Waals surface area contributed by atoms with Gasteiger partial charge in [0.15, 0.2) is 0 Å². The summed E-state index contributed by atoms with van der Waals surface area (Å²) in [5.41, 5.74) is 3.52. The third kappa shape index (κ3) is 6.00. The number of ether oxygens (including phenoxy) is 1. The van der Waals surface area contributed by atoms with Crippen LogP contribution in [0.15, 0.2) is 72.8 Å². The molecule has 0 unspecified atom stereocenters. The minimum absolute atomic E-state index is 0.397. The molecule has 8 nitrogen and oxygen atoms in total. The first kappa shape index (κ1) is 24.6. The van der Waals surface area contributed by atoms with Crippen LogP contribution in [0, 0.1) is 0 Å². The fourth-order valence-electron chi connectivity index (χ4n) is 3.84. The van der Waals surface area contributed by atoms with Gasteiger partial charge >= 0.3 is 5.97 Å². The van der Waals surface area contributed by atoms with Crippen LogP contribution >= 0.6 is 11.3 Å². The summed E-state index contributed by atoms with van der Waals surface area (Å²) in [6.45, 7) is 2.96. The van der Waals surface area contributed by atoms with E-state index in [-0.39, 0.29) is 0 Å². The molecule has 0 aliphatic carbocycles. The molecule has 0 spiro atoms. The summed E-state index contributed by atoms with van der Waals surface area (Å²) in [4.78, 5) is 19.1. The van der Waals surface area contributed by atoms with Gasteiger partial charge in [-0.1, -0.05) is 73.1 Å². The Kier molecular flexibility index (Phi) is 7.81. The van der Waals surface area contributed by atoms with Crippen molar-refractivity contribution >= 4 is 28.3 Å². The van der Waals surface area contributed by atoms with E-state index in [0.29, 0.717) is 16.6 Å². The van der Waals surface area contributed by atoms with Gasteiger partial charge in [-0.3, -0.25) is 0 Å². The Hall–Kier alpha value is -4.11. The molecule has 0 N–H and O–H groups in total. The summed E-state index contributed by atoms with van der Waals surface area (Å²) in [5.74, 6) is 0.341. The van der Waals surface area contributed by atoms with E-state index in [1.807, 2.05) is 48.5 Å². The second kappa shape index (κ2) is 11.7. The number of para-hydroxylation sites is 1. The maximum atomic E-state index is 12.6. The van der Waals surface area contributed by atoms with Gasteiger partial charge in [-0.05, 0) is 60.2 Å². The van der Waals surface area contributed by atoms with Gasteiger partial charge in [0.05, 0.1) is 12.2 Å². The molecule has 37 heavy (non-hydrogen) atoms. The highest BCUT2D eigenvalue weighted by Gasteiger charge is 2.14. The Morgan fingerprint density at radius 1 is 0.811 bits per heavy atom. The number of fused-ring (bicyclic) bond motifs is 1. The lowest BCUT2D eigenvalue weighted by molar-refractivity contribution is 0.0409. The molecule has 0 aliphatic rings. The zero-order valence-electron chi connectivity index (χ0n) is 20.5. The lowest BCUT2D eigenvalue weighted by atomic mass is 10.1. The average Bonchev–Trinajstić information content (AvgIpc) is 3.59. The Bertz CT molecular complexity index is 1460. The Labute approximate surface area is 218 Å². The number of carbonyl (C=O) groups excluding carboxylic acids is 1. The van der Waals surface area contributed by atoms with E-state index in [2.05, 4.69) is 27.4 Å². The molecule has 188 valence electrons. The minimum atomic E-state index is -0.525. The molecular weight excluding hydrogens is 486 g/mol. The summed E-state index contributed by atoms with van der Waals surface area (Å²) >= 11 is 1.49. The van der Waals surface area contributed by atoms with Crippen LogP contribution in [0.25, 0.3) is 32.2 Å². The third-order valence-electron chi connectivity index (χ3n) is 5.90. The van der Waals surface area contributed by atoms with E-state index >= 15 is 0 Å². The lowest BCUT2D eigenvalue weighted by Gasteiger charge is -2.06. The van der Waals surface area contributed by atoms with Crippen molar-refractivity contribution in [3.05, 3.63) is 78.4 Å². The van der Waals surface area contributed by atoms with Crippen molar-refractivity contribution in [3.8, 4) is 26.9 Å². The van der Waals surface area contributed by atoms with Gasteiger partial charge in [-0.25, -0.2) is 4.79 Å². The number of hydrogen-bond donors (Lipinski definition) is 0. The first-order chi connectivity index (χ1) is 18.2. The first-order valence-corrected chi connectivity index (χ1v) is 13.2. The predicted octanol–water partition coefficient (Wildman–Crippen LogP) is 6.24. The molecule has 0 atom stereocenters. The molecule has 2 aromatic heterocycles. The van der Waals surface area contributed by atoms with E-state index in [9.17, 15) is 4.79 Å². The van der Waals surface area contributed by atoms with Crippen LogP contribution in [-0.2, 0) is 0 Å². The van der Waals surface area contributed by atoms with Crippen molar-refractivity contribution < 1.29 is 14.4 Å². The van der Waals surface area contributed by atoms with Crippen LogP contribution in [0.2, 0.25) is 0 Å². The molecule has 5 aromatic rings. The number of carbonyl (C=O) groups is 1. The molecule has 0 saturated carbocycles. The smallest absolute Gasteiger partial charge is 0.365 e. The quantitative estimate of drug-likeness (QED) is 0.153. The van der Waals surface area contributed by atoms with Crippen LogP contribution in [0.5, 0.6) is 5.75 Å². The number of benzene rings is 3. The Morgan fingerprint density at radius 3 is 2.22 bits per heavy atom. The highest BCUT2D eigenvalue weighted by atomic mass is 32.1. The van der Waals surface area contributed by atoms with Crippen LogP contribution in [0.1, 0.15) is 49.4 Å². The van der Waals surface area contributed by atoms with Gasteiger partial charge in [-0.15, -0.1) is 15.3 Å². The third-order valence-corrected chi connectivity index (χ3v) is 6.92. The fraction of sp³-hybridized carbons (Fsp3) is 0.250. The normalized spacial score (nSPS) is 11.1. The van der Waals surface area contributed by atoms with Crippen molar-refractivity contribution in [2.45, 2.75) is 39.0 Å². The van der Waals surface area contributed by atoms with Crippen molar-refractivity contribution in [2.75, 3.05) is 6.61 Å². The highest BCUT2D eigenvalue weighted by Crippen LogP contribution is 2.31. The second-order valence-corrected chi connectivity index (χ2v) is 9.58. The second-order valence-electron chi connectivity index (χ2n) is 8.61. The number of rotatable bonds is 11. The zero-order chi connectivity index (χ0) is 25.5. The number of hydrogen-bond acceptors (Lipinski definition) is 8. The zero-order valence-corrected chi connectivity index (χ0v) is 21.4. The first-order valence-electron chi connectivity index (χ1n) is 12.4. The Balaban J connectivity index is 1.18. The van der Waals surface area contributed by atoms with E-state index < -0.39 is 5.97 Å². The molecule has 3 aromatic carbocycles. The monoisotopic (exact) mass is 513 g/mol. The molecule has 2 heterocycles. The fourth-order valence-corrected chi connectivity index (χ4v) is 4.70. The average molecular weight is 514 g/mol. The van der Waals surface area contributed by atoms with Gasteiger partial charge in [0.2, 0.25) is 0 Å². The van der Waals surface area contributed by atoms with E-state index in [1.54, 1.807) is 24.3 Å². The summed E-state index contributed by atoms with van der Waals surface area (Å²) in [5, 5.41) is 18.2. The predicted molar refractivity (Wildman–Crippen MR) is 143 cm³/mol. The summed E-state index contributed by atoms with van der Waals surface area (Å²) < 4.78 is 5.86. The van der Waals surface area contributed by atoms with Crippen molar-refractivity contribution in [1.82, 2.24) is 25.4 Å². The number of aromatic nitrogens is 5. The maximum Gasteiger partial charge on any atom is 0.365 e. The van der Waals surface area contributed by atoms with Gasteiger partial charge in [0.1, 0.15) is 26.8 Å². The molecule has 0 bridgehead atoms. The topological polar surface area (TPSA) is 92.0 Å². The SMILES string of the molecule is CCCCCCCOc1ccc(-c2nnc(-c3ccc(C(=O)On4nnc5ccccc54)cc3)s2)cc1. The van der Waals surface area contributed by atoms with Gasteiger partial charge in [-0.2, -0.15) is 0 Å². The summed E-state index contributed by atoms with van der Waals surface area (Å²) in [7, 11) is 0. The highest BCUT2D eigenvalue weighted by molar-refractivity contribution is 7.17. The van der Waals surface area contributed by atoms with Crippen LogP contribution in [-0.4, -0.2) is 37.9 Å². The number of nitrogens with zero attached hydrogens (tertiary/aromatic N) is 5. The van der Waals surface area contributed by atoms with E-state index in [1.165, 1.54) is 37.0 Å². The summed E-state index contributed by atoms with van der Waals surface area (Å²) in [6, 6.07) is 22.3. The van der Waals surface area contributed by atoms with E-state index in [0.717, 1.165) is 44.8 Å². The molecule has 0 aliphatic heterocycles. The van der Waals surface area contributed by atoms with Crippen molar-refractivity contribution in [2.24, 2.45) is 0 Å². The standard InChI is InChI=1S/C28H27N5O3S/c1-2-3-4-5-8-19-35-23-17-15-21(16-18-23)27-31-30-26(37-27)20-11-13-22(14-12-20)28(34)36-33-25-10-7-6-9-24(25)29-32-33/h6-7,9-18H,2-5,8,19H2,1H3. The molecule has 0 fully saturated rings. The number of unbranched alkanes of at least 4 members (excludes halogenated alkanes) is 4. The maximum absolute atomic E-state index is 12.6. The molecule has 0 radical (unpaired) electrons. The molecule has 9 heteroatoms. The largest absolute Gasteiger partial charge is 0.494 e. The van der Waals surface area contributed by atoms with Crippen molar-refractivity contribution in [3.63, 3.8) is 0 Å². The minimum Gasteiger partial charge on any atom is -0.494 e. The Morgan fingerprint density at radius 2 is 1.49 bits per heavy atom. The van der Waals surface area contributed by atoms with E-state index in [4.69, 9.17) is 9.57 Å². The lowest BCUT2D eigenvalue weighted by Crippen LogP contribution is -2.20. The van der Waals surface area contributed by atoms with Crippen LogP contribution in [0.3, 0.4) is 0 Å². The van der Waals surface area contributed by atoms with Gasteiger partial charge in [0, 0.05) is 11.1 Å². The van der Waals surface area contributed by atoms with Crippen LogP contribution in [0.4, 0.5) is 0 Å². The van der Waals surface area contributed by atoms with Crippen molar-refractivity contribution in [1.29, 1.82) is 0 Å². The molecule has 0 amide bonds.